The fourth-order valence-corrected chi connectivity index (χ4v) is 4.59. The van der Waals surface area contributed by atoms with Gasteiger partial charge in [-0.05, 0) is 49.2 Å². The normalized spacial score (nSPS) is 17.3. The summed E-state index contributed by atoms with van der Waals surface area (Å²) in [5, 5.41) is 8.43. The number of piperazine rings is 1. The van der Waals surface area contributed by atoms with Crippen LogP contribution in [0.25, 0.3) is 11.5 Å². The largest absolute Gasteiger partial charge is 0.497 e. The zero-order chi connectivity index (χ0) is 22.6. The molecule has 0 unspecified atom stereocenters. The van der Waals surface area contributed by atoms with Gasteiger partial charge in [0.25, 0.3) is 0 Å². The van der Waals surface area contributed by atoms with E-state index in [0.717, 1.165) is 63.4 Å². The molecule has 0 saturated carbocycles. The molecular weight excluding hydrogens is 418 g/mol. The average Bonchev–Trinajstić information content (AvgIpc) is 3.39. The van der Waals surface area contributed by atoms with E-state index in [1.54, 1.807) is 7.11 Å². The summed E-state index contributed by atoms with van der Waals surface area (Å²) in [6.45, 7) is 4.80. The number of amides is 1. The number of para-hydroxylation sites is 1. The Morgan fingerprint density at radius 1 is 0.879 bits per heavy atom. The van der Waals surface area contributed by atoms with Gasteiger partial charge in [-0.2, -0.15) is 0 Å². The third-order valence-corrected chi connectivity index (χ3v) is 6.58. The van der Waals surface area contributed by atoms with Gasteiger partial charge in [-0.25, -0.2) is 0 Å². The minimum atomic E-state index is 0.0634. The summed E-state index contributed by atoms with van der Waals surface area (Å²) in [5.41, 5.74) is 2.08. The molecule has 0 N–H and O–H groups in total. The summed E-state index contributed by atoms with van der Waals surface area (Å²) in [4.78, 5) is 19.6. The molecule has 2 saturated heterocycles. The third-order valence-electron chi connectivity index (χ3n) is 6.58. The molecule has 33 heavy (non-hydrogen) atoms. The van der Waals surface area contributed by atoms with Gasteiger partial charge in [0.1, 0.15) is 5.75 Å². The molecule has 3 heterocycles. The van der Waals surface area contributed by atoms with Crippen molar-refractivity contribution in [3.63, 3.8) is 0 Å². The number of anilines is 2. The highest BCUT2D eigenvalue weighted by molar-refractivity contribution is 5.79. The van der Waals surface area contributed by atoms with Crippen LogP contribution < -0.4 is 14.5 Å². The van der Waals surface area contributed by atoms with Crippen molar-refractivity contribution in [2.24, 2.45) is 5.92 Å². The zero-order valence-electron chi connectivity index (χ0n) is 18.9. The summed E-state index contributed by atoms with van der Waals surface area (Å²) in [7, 11) is 1.64. The monoisotopic (exact) mass is 447 g/mol. The molecular formula is C25H29N5O3. The van der Waals surface area contributed by atoms with Crippen LogP contribution in [0.4, 0.5) is 11.7 Å². The number of methoxy groups -OCH3 is 1. The topological polar surface area (TPSA) is 74.9 Å². The molecule has 3 aromatic rings. The highest BCUT2D eigenvalue weighted by Gasteiger charge is 2.31. The molecule has 2 fully saturated rings. The van der Waals surface area contributed by atoms with Crippen LogP contribution in [-0.4, -0.2) is 67.4 Å². The van der Waals surface area contributed by atoms with E-state index in [4.69, 9.17) is 9.15 Å². The number of nitrogens with zero attached hydrogens (tertiary/aromatic N) is 5. The maximum Gasteiger partial charge on any atom is 0.318 e. The number of hydrogen-bond acceptors (Lipinski definition) is 7. The molecule has 2 aliphatic rings. The van der Waals surface area contributed by atoms with Crippen LogP contribution in [0, 0.1) is 5.92 Å². The fraction of sp³-hybridized carbons (Fsp3) is 0.400. The number of aromatic nitrogens is 2. The maximum atomic E-state index is 13.1. The van der Waals surface area contributed by atoms with Crippen LogP contribution in [0.5, 0.6) is 5.75 Å². The van der Waals surface area contributed by atoms with Crippen LogP contribution in [0.3, 0.4) is 0 Å². The molecule has 1 amide bonds. The SMILES string of the molecule is COc1ccc(-c2nnc(N3CCC(C(=O)N4CCN(c5ccccc5)CC4)CC3)o2)cc1. The van der Waals surface area contributed by atoms with Gasteiger partial charge in [0, 0.05) is 56.4 Å². The zero-order valence-corrected chi connectivity index (χ0v) is 18.9. The van der Waals surface area contributed by atoms with Crippen molar-refractivity contribution in [1.29, 1.82) is 0 Å². The number of rotatable bonds is 5. The Bertz CT molecular complexity index is 1050. The van der Waals surface area contributed by atoms with Gasteiger partial charge in [-0.3, -0.25) is 4.79 Å². The van der Waals surface area contributed by atoms with Gasteiger partial charge < -0.3 is 23.9 Å². The summed E-state index contributed by atoms with van der Waals surface area (Å²) >= 11 is 0. The number of carbonyl (C=O) groups excluding carboxylic acids is 1. The Morgan fingerprint density at radius 3 is 2.24 bits per heavy atom. The lowest BCUT2D eigenvalue weighted by Gasteiger charge is -2.39. The van der Waals surface area contributed by atoms with Crippen molar-refractivity contribution < 1.29 is 13.9 Å². The standard InChI is InChI=1S/C25H29N5O3/c1-32-22-9-7-19(8-10-22)23-26-27-25(33-23)30-13-11-20(12-14-30)24(31)29-17-15-28(16-18-29)21-5-3-2-4-6-21/h2-10,20H,11-18H2,1H3. The van der Waals surface area contributed by atoms with Crippen molar-refractivity contribution in [2.75, 3.05) is 56.2 Å². The van der Waals surface area contributed by atoms with Crippen LogP contribution in [0.15, 0.2) is 59.0 Å². The van der Waals surface area contributed by atoms with Crippen molar-refractivity contribution in [3.8, 4) is 17.2 Å². The lowest BCUT2D eigenvalue weighted by atomic mass is 9.95. The van der Waals surface area contributed by atoms with Gasteiger partial charge in [0.2, 0.25) is 11.8 Å². The first-order valence-electron chi connectivity index (χ1n) is 11.5. The maximum absolute atomic E-state index is 13.1. The van der Waals surface area contributed by atoms with Gasteiger partial charge in [-0.15, -0.1) is 5.10 Å². The molecule has 1 aromatic heterocycles. The Balaban J connectivity index is 1.13. The summed E-state index contributed by atoms with van der Waals surface area (Å²) in [5.74, 6) is 1.62. The molecule has 5 rings (SSSR count). The highest BCUT2D eigenvalue weighted by Crippen LogP contribution is 2.28. The summed E-state index contributed by atoms with van der Waals surface area (Å²) < 4.78 is 11.1. The summed E-state index contributed by atoms with van der Waals surface area (Å²) in [6, 6.07) is 18.5. The Hall–Kier alpha value is -3.55. The van der Waals surface area contributed by atoms with Crippen LogP contribution >= 0.6 is 0 Å². The molecule has 8 nitrogen and oxygen atoms in total. The van der Waals surface area contributed by atoms with Crippen molar-refractivity contribution in [2.45, 2.75) is 12.8 Å². The van der Waals surface area contributed by atoms with E-state index < -0.39 is 0 Å². The van der Waals surface area contributed by atoms with E-state index in [1.807, 2.05) is 35.2 Å². The van der Waals surface area contributed by atoms with Gasteiger partial charge >= 0.3 is 6.01 Å². The smallest absolute Gasteiger partial charge is 0.318 e. The van der Waals surface area contributed by atoms with Gasteiger partial charge in [-0.1, -0.05) is 23.3 Å². The molecule has 0 spiro atoms. The predicted octanol–water partition coefficient (Wildman–Crippen LogP) is 3.31. The molecule has 0 atom stereocenters. The molecule has 8 heteroatoms. The van der Waals surface area contributed by atoms with Crippen LogP contribution in [-0.2, 0) is 4.79 Å². The lowest BCUT2D eigenvalue weighted by molar-refractivity contribution is -0.136. The first kappa shape index (κ1) is 21.3. The second kappa shape index (κ2) is 9.52. The van der Waals surface area contributed by atoms with Gasteiger partial charge in [0.15, 0.2) is 0 Å². The van der Waals surface area contributed by atoms with E-state index in [-0.39, 0.29) is 11.8 Å². The van der Waals surface area contributed by atoms with E-state index in [2.05, 4.69) is 44.3 Å². The first-order valence-corrected chi connectivity index (χ1v) is 11.5. The van der Waals surface area contributed by atoms with Crippen LogP contribution in [0.2, 0.25) is 0 Å². The van der Waals surface area contributed by atoms with Crippen molar-refractivity contribution in [1.82, 2.24) is 15.1 Å². The molecule has 0 aliphatic carbocycles. The first-order chi connectivity index (χ1) is 16.2. The molecule has 0 bridgehead atoms. The second-order valence-electron chi connectivity index (χ2n) is 8.53. The number of ether oxygens (including phenoxy) is 1. The van der Waals surface area contributed by atoms with Gasteiger partial charge in [0.05, 0.1) is 7.11 Å². The third kappa shape index (κ3) is 4.65. The van der Waals surface area contributed by atoms with Crippen LogP contribution in [0.1, 0.15) is 12.8 Å². The number of piperidine rings is 1. The Morgan fingerprint density at radius 2 is 1.58 bits per heavy atom. The quantitative estimate of drug-likeness (QED) is 0.594. The predicted molar refractivity (Wildman–Crippen MR) is 126 cm³/mol. The van der Waals surface area contributed by atoms with Crippen molar-refractivity contribution >= 4 is 17.6 Å². The van der Waals surface area contributed by atoms with E-state index >= 15 is 0 Å². The number of hydrogen-bond donors (Lipinski definition) is 0. The average molecular weight is 448 g/mol. The molecule has 172 valence electrons. The van der Waals surface area contributed by atoms with E-state index in [0.29, 0.717) is 11.9 Å². The van der Waals surface area contributed by atoms with Crippen molar-refractivity contribution in [3.05, 3.63) is 54.6 Å². The highest BCUT2D eigenvalue weighted by atomic mass is 16.5. The number of carbonyl (C=O) groups is 1. The Kier molecular flexibility index (Phi) is 6.15. The van der Waals surface area contributed by atoms with E-state index in [1.165, 1.54) is 5.69 Å². The summed E-state index contributed by atoms with van der Waals surface area (Å²) in [6.07, 6.45) is 1.61. The lowest BCUT2D eigenvalue weighted by Crippen LogP contribution is -2.51. The fourth-order valence-electron chi connectivity index (χ4n) is 4.59. The minimum absolute atomic E-state index is 0.0634. The number of benzene rings is 2. The molecule has 2 aromatic carbocycles. The Labute approximate surface area is 193 Å². The molecule has 0 radical (unpaired) electrons. The second-order valence-corrected chi connectivity index (χ2v) is 8.53. The van der Waals surface area contributed by atoms with E-state index in [9.17, 15) is 4.79 Å². The molecule has 2 aliphatic heterocycles. The minimum Gasteiger partial charge on any atom is -0.497 e.